The minimum absolute atomic E-state index is 0.133. The third-order valence-corrected chi connectivity index (χ3v) is 4.05. The largest absolute Gasteiger partial charge is 0.494 e. The summed E-state index contributed by atoms with van der Waals surface area (Å²) in [7, 11) is 1.52. The normalized spacial score (nSPS) is 19.6. The number of hydrogen-bond acceptors (Lipinski definition) is 3. The van der Waals surface area contributed by atoms with Crippen molar-refractivity contribution in [3.8, 4) is 5.75 Å². The number of amides is 1. The van der Waals surface area contributed by atoms with Crippen molar-refractivity contribution in [2.45, 2.75) is 38.3 Å². The van der Waals surface area contributed by atoms with Gasteiger partial charge in [0.25, 0.3) is 5.91 Å². The highest BCUT2D eigenvalue weighted by Crippen LogP contribution is 2.28. The molecule has 1 amide bonds. The van der Waals surface area contributed by atoms with Crippen molar-refractivity contribution in [1.82, 2.24) is 10.6 Å². The van der Waals surface area contributed by atoms with Crippen LogP contribution in [-0.4, -0.2) is 31.6 Å². The van der Waals surface area contributed by atoms with Crippen LogP contribution >= 0.6 is 11.6 Å². The third-order valence-electron chi connectivity index (χ3n) is 3.76. The van der Waals surface area contributed by atoms with Gasteiger partial charge >= 0.3 is 0 Å². The Morgan fingerprint density at radius 2 is 2.40 bits per heavy atom. The van der Waals surface area contributed by atoms with Gasteiger partial charge in [0, 0.05) is 12.1 Å². The average molecular weight is 297 g/mol. The van der Waals surface area contributed by atoms with Crippen molar-refractivity contribution in [1.29, 1.82) is 0 Å². The molecule has 1 heterocycles. The van der Waals surface area contributed by atoms with Gasteiger partial charge in [0.1, 0.15) is 5.75 Å². The van der Waals surface area contributed by atoms with Crippen LogP contribution in [0, 0.1) is 0 Å². The molecule has 1 aliphatic heterocycles. The summed E-state index contributed by atoms with van der Waals surface area (Å²) in [4.78, 5) is 12.4. The van der Waals surface area contributed by atoms with Crippen molar-refractivity contribution in [3.63, 3.8) is 0 Å². The van der Waals surface area contributed by atoms with Gasteiger partial charge in [0.2, 0.25) is 0 Å². The lowest BCUT2D eigenvalue weighted by Crippen LogP contribution is -2.47. The van der Waals surface area contributed by atoms with Crippen molar-refractivity contribution in [3.05, 3.63) is 28.8 Å². The van der Waals surface area contributed by atoms with E-state index in [1.807, 2.05) is 0 Å². The van der Waals surface area contributed by atoms with Crippen LogP contribution in [0.3, 0.4) is 0 Å². The van der Waals surface area contributed by atoms with Crippen molar-refractivity contribution >= 4 is 17.5 Å². The molecule has 1 aromatic rings. The molecule has 0 aliphatic carbocycles. The molecule has 110 valence electrons. The number of ether oxygens (including phenoxy) is 1. The van der Waals surface area contributed by atoms with Gasteiger partial charge < -0.3 is 15.4 Å². The van der Waals surface area contributed by atoms with E-state index < -0.39 is 0 Å². The molecule has 0 saturated carbocycles. The highest BCUT2D eigenvalue weighted by molar-refractivity contribution is 6.32. The first-order valence-electron chi connectivity index (χ1n) is 7.04. The second kappa shape index (κ2) is 6.95. The summed E-state index contributed by atoms with van der Waals surface area (Å²) in [6, 6.07) is 5.69. The van der Waals surface area contributed by atoms with E-state index in [0.29, 0.717) is 22.4 Å². The van der Waals surface area contributed by atoms with Crippen LogP contribution in [0.5, 0.6) is 5.75 Å². The topological polar surface area (TPSA) is 50.4 Å². The number of hydrogen-bond donors (Lipinski definition) is 2. The maximum Gasteiger partial charge on any atom is 0.255 e. The Hall–Kier alpha value is -1.26. The second-order valence-electron chi connectivity index (χ2n) is 5.01. The maximum atomic E-state index is 12.4. The van der Waals surface area contributed by atoms with Crippen LogP contribution in [0.2, 0.25) is 5.02 Å². The molecule has 2 atom stereocenters. The number of nitrogens with one attached hydrogen (secondary N) is 2. The average Bonchev–Trinajstić information content (AvgIpc) is 2.98. The van der Waals surface area contributed by atoms with Gasteiger partial charge in [-0.25, -0.2) is 0 Å². The molecule has 1 saturated heterocycles. The van der Waals surface area contributed by atoms with Crippen LogP contribution in [-0.2, 0) is 0 Å². The Morgan fingerprint density at radius 1 is 1.60 bits per heavy atom. The lowest BCUT2D eigenvalue weighted by atomic mass is 10.0. The van der Waals surface area contributed by atoms with Crippen LogP contribution in [0.25, 0.3) is 0 Å². The molecule has 1 aromatic carbocycles. The highest BCUT2D eigenvalue weighted by atomic mass is 35.5. The second-order valence-corrected chi connectivity index (χ2v) is 5.42. The van der Waals surface area contributed by atoms with Gasteiger partial charge in [0.05, 0.1) is 17.7 Å². The Bertz CT molecular complexity index is 473. The standard InChI is InChI=1S/C15H21ClN2O2/c1-3-12(13-8-5-9-17-13)18-15(19)10-6-4-7-11(16)14(10)20-2/h4,6-7,12-13,17H,3,5,8-9H2,1-2H3,(H,18,19). The first kappa shape index (κ1) is 15.1. The molecule has 20 heavy (non-hydrogen) atoms. The number of para-hydroxylation sites is 1. The van der Waals surface area contributed by atoms with Gasteiger partial charge in [0.15, 0.2) is 0 Å². The molecule has 4 nitrogen and oxygen atoms in total. The minimum Gasteiger partial charge on any atom is -0.494 e. The van der Waals surface area contributed by atoms with Gasteiger partial charge in [-0.15, -0.1) is 0 Å². The summed E-state index contributed by atoms with van der Waals surface area (Å²) >= 11 is 6.05. The molecule has 1 aliphatic rings. The van der Waals surface area contributed by atoms with Gasteiger partial charge in [-0.3, -0.25) is 4.79 Å². The maximum absolute atomic E-state index is 12.4. The molecule has 0 spiro atoms. The van der Waals surface area contributed by atoms with Crippen LogP contribution in [0.15, 0.2) is 18.2 Å². The highest BCUT2D eigenvalue weighted by Gasteiger charge is 2.26. The van der Waals surface area contributed by atoms with E-state index in [0.717, 1.165) is 25.8 Å². The quantitative estimate of drug-likeness (QED) is 0.878. The fourth-order valence-corrected chi connectivity index (χ4v) is 2.94. The molecule has 1 fully saturated rings. The summed E-state index contributed by atoms with van der Waals surface area (Å²) in [6.07, 6.45) is 3.16. The first-order chi connectivity index (χ1) is 9.67. The Balaban J connectivity index is 2.12. The van der Waals surface area contributed by atoms with Gasteiger partial charge in [-0.2, -0.15) is 0 Å². The van der Waals surface area contributed by atoms with Crippen LogP contribution in [0.4, 0.5) is 0 Å². The molecule has 2 rings (SSSR count). The van der Waals surface area contributed by atoms with Gasteiger partial charge in [-0.05, 0) is 37.9 Å². The zero-order valence-corrected chi connectivity index (χ0v) is 12.7. The van der Waals surface area contributed by atoms with E-state index in [1.165, 1.54) is 7.11 Å². The Morgan fingerprint density at radius 3 is 3.00 bits per heavy atom. The molecular weight excluding hydrogens is 276 g/mol. The number of rotatable bonds is 5. The number of methoxy groups -OCH3 is 1. The molecule has 5 heteroatoms. The van der Waals surface area contributed by atoms with E-state index >= 15 is 0 Å². The van der Waals surface area contributed by atoms with Crippen molar-refractivity contribution < 1.29 is 9.53 Å². The van der Waals surface area contributed by atoms with E-state index in [4.69, 9.17) is 16.3 Å². The minimum atomic E-state index is -0.134. The van der Waals surface area contributed by atoms with Crippen LogP contribution in [0.1, 0.15) is 36.5 Å². The molecular formula is C15H21ClN2O2. The smallest absolute Gasteiger partial charge is 0.255 e. The zero-order chi connectivity index (χ0) is 14.5. The molecule has 0 bridgehead atoms. The number of carbonyl (C=O) groups is 1. The number of carbonyl (C=O) groups excluding carboxylic acids is 1. The number of benzene rings is 1. The van der Waals surface area contributed by atoms with E-state index in [9.17, 15) is 4.79 Å². The summed E-state index contributed by atoms with van der Waals surface area (Å²) in [5.74, 6) is 0.297. The summed E-state index contributed by atoms with van der Waals surface area (Å²) < 4.78 is 5.23. The van der Waals surface area contributed by atoms with E-state index in [-0.39, 0.29) is 11.9 Å². The molecule has 0 aromatic heterocycles. The third kappa shape index (κ3) is 3.25. The lowest BCUT2D eigenvalue weighted by molar-refractivity contribution is 0.0924. The van der Waals surface area contributed by atoms with Crippen molar-refractivity contribution in [2.75, 3.05) is 13.7 Å². The fourth-order valence-electron chi connectivity index (χ4n) is 2.68. The predicted octanol–water partition coefficient (Wildman–Crippen LogP) is 2.61. The lowest BCUT2D eigenvalue weighted by Gasteiger charge is -2.24. The Kier molecular flexibility index (Phi) is 5.26. The van der Waals surface area contributed by atoms with Crippen LogP contribution < -0.4 is 15.4 Å². The molecule has 2 unspecified atom stereocenters. The summed E-state index contributed by atoms with van der Waals surface area (Å²) in [5.41, 5.74) is 0.483. The predicted molar refractivity (Wildman–Crippen MR) is 80.6 cm³/mol. The summed E-state index contributed by atoms with van der Waals surface area (Å²) in [6.45, 7) is 3.11. The first-order valence-corrected chi connectivity index (χ1v) is 7.42. The fraction of sp³-hybridized carbons (Fsp3) is 0.533. The van der Waals surface area contributed by atoms with Crippen molar-refractivity contribution in [2.24, 2.45) is 0 Å². The SMILES string of the molecule is CCC(NC(=O)c1cccc(Cl)c1OC)C1CCCN1. The van der Waals surface area contributed by atoms with E-state index in [1.54, 1.807) is 18.2 Å². The molecule has 2 N–H and O–H groups in total. The number of halogens is 1. The monoisotopic (exact) mass is 296 g/mol. The summed E-state index contributed by atoms with van der Waals surface area (Å²) in [5, 5.41) is 6.97. The zero-order valence-electron chi connectivity index (χ0n) is 11.9. The van der Waals surface area contributed by atoms with E-state index in [2.05, 4.69) is 17.6 Å². The molecule has 0 radical (unpaired) electrons. The van der Waals surface area contributed by atoms with Gasteiger partial charge in [-0.1, -0.05) is 24.6 Å². The Labute approximate surface area is 124 Å².